The fourth-order valence-electron chi connectivity index (χ4n) is 2.22. The van der Waals surface area contributed by atoms with Crippen molar-refractivity contribution >= 4 is 22.8 Å². The largest absolute Gasteiger partial charge is 0.492 e. The summed E-state index contributed by atoms with van der Waals surface area (Å²) in [6, 6.07) is 15.6. The number of nitrogens with zero attached hydrogens (tertiary/aromatic N) is 1. The Hall–Kier alpha value is -3.25. The predicted molar refractivity (Wildman–Crippen MR) is 90.7 cm³/mol. The molecule has 2 N–H and O–H groups in total. The van der Waals surface area contributed by atoms with Gasteiger partial charge in [-0.2, -0.15) is 0 Å². The molecule has 7 heteroatoms. The van der Waals surface area contributed by atoms with Gasteiger partial charge in [0.05, 0.1) is 5.56 Å². The zero-order valence-corrected chi connectivity index (χ0v) is 13.5. The number of carbonyl (C=O) groups excluding carboxylic acids is 2. The molecule has 0 aliphatic rings. The van der Waals surface area contributed by atoms with Crippen molar-refractivity contribution in [2.75, 3.05) is 0 Å². The Morgan fingerprint density at radius 2 is 1.20 bits per heavy atom. The van der Waals surface area contributed by atoms with Crippen molar-refractivity contribution in [2.45, 2.75) is 0 Å². The first-order chi connectivity index (χ1) is 12.0. The van der Waals surface area contributed by atoms with E-state index in [1.54, 1.807) is 48.5 Å². The molecule has 2 aromatic carbocycles. The van der Waals surface area contributed by atoms with Gasteiger partial charge in [-0.1, -0.05) is 24.3 Å². The second-order valence-corrected chi connectivity index (χ2v) is 5.49. The molecule has 3 aromatic rings. The summed E-state index contributed by atoms with van der Waals surface area (Å²) in [5.74, 6) is -1.52. The minimum atomic E-state index is -0.739. The zero-order chi connectivity index (χ0) is 18.0. The van der Waals surface area contributed by atoms with E-state index in [1.807, 2.05) is 0 Å². The van der Waals surface area contributed by atoms with Crippen LogP contribution in [0, 0.1) is 0 Å². The fourth-order valence-corrected chi connectivity index (χ4v) is 2.35. The molecule has 0 bridgehead atoms. The molecule has 0 amide bonds. The van der Waals surface area contributed by atoms with Crippen molar-refractivity contribution in [3.8, 4) is 22.9 Å². The Bertz CT molecular complexity index is 910. The van der Waals surface area contributed by atoms with E-state index in [2.05, 4.69) is 0 Å². The molecule has 0 radical (unpaired) electrons. The third kappa shape index (κ3) is 3.49. The number of hydrogen-bond acceptors (Lipinski definition) is 5. The van der Waals surface area contributed by atoms with Gasteiger partial charge in [-0.05, 0) is 47.0 Å². The van der Waals surface area contributed by atoms with E-state index < -0.39 is 23.0 Å². The van der Waals surface area contributed by atoms with Crippen molar-refractivity contribution in [3.63, 3.8) is 0 Å². The molecule has 1 heterocycles. The van der Waals surface area contributed by atoms with Gasteiger partial charge >= 0.3 is 5.97 Å². The summed E-state index contributed by atoms with van der Waals surface area (Å²) in [6.07, 6.45) is 0. The first kappa shape index (κ1) is 16.6. The van der Waals surface area contributed by atoms with Crippen LogP contribution >= 0.6 is 11.6 Å². The molecule has 0 saturated carbocycles. The number of rotatable bonds is 4. The van der Waals surface area contributed by atoms with Crippen molar-refractivity contribution in [1.29, 1.82) is 0 Å². The van der Waals surface area contributed by atoms with Gasteiger partial charge in [0.15, 0.2) is 0 Å². The number of aromatic hydroxyl groups is 2. The van der Waals surface area contributed by atoms with Crippen LogP contribution in [0.1, 0.15) is 20.7 Å². The van der Waals surface area contributed by atoms with Crippen molar-refractivity contribution in [3.05, 3.63) is 71.8 Å². The summed E-state index contributed by atoms with van der Waals surface area (Å²) in [4.78, 5) is 28.0. The van der Waals surface area contributed by atoms with Crippen molar-refractivity contribution < 1.29 is 24.6 Å². The molecule has 126 valence electrons. The first-order valence-electron chi connectivity index (χ1n) is 7.18. The predicted octanol–water partition coefficient (Wildman–Crippen LogP) is 3.21. The van der Waals surface area contributed by atoms with Crippen LogP contribution in [0.5, 0.6) is 11.8 Å². The summed E-state index contributed by atoms with van der Waals surface area (Å²) in [5.41, 5.74) is 2.32. The van der Waals surface area contributed by atoms with Crippen LogP contribution in [0.2, 0.25) is 0 Å². The van der Waals surface area contributed by atoms with Crippen LogP contribution in [-0.2, 0) is 0 Å². The van der Waals surface area contributed by atoms with Gasteiger partial charge in [0.2, 0.25) is 11.8 Å². The molecule has 3 rings (SSSR count). The molecule has 6 nitrogen and oxygen atoms in total. The Labute approximate surface area is 147 Å². The van der Waals surface area contributed by atoms with Gasteiger partial charge in [-0.15, -0.1) is 4.73 Å². The Morgan fingerprint density at radius 3 is 1.64 bits per heavy atom. The van der Waals surface area contributed by atoms with Gasteiger partial charge in [0.25, 0.3) is 5.24 Å². The van der Waals surface area contributed by atoms with E-state index >= 15 is 0 Å². The summed E-state index contributed by atoms with van der Waals surface area (Å²) in [7, 11) is 0. The Morgan fingerprint density at radius 1 is 0.760 bits per heavy atom. The highest BCUT2D eigenvalue weighted by Gasteiger charge is 2.14. The number of benzene rings is 2. The summed E-state index contributed by atoms with van der Waals surface area (Å²) >= 11 is 5.41. The van der Waals surface area contributed by atoms with E-state index in [0.29, 0.717) is 10.3 Å². The lowest BCUT2D eigenvalue weighted by molar-refractivity contribution is 0.0381. The Balaban J connectivity index is 1.77. The molecule has 1 aromatic heterocycles. The first-order valence-corrected chi connectivity index (χ1v) is 7.56. The molecule has 0 atom stereocenters. The topological polar surface area (TPSA) is 88.8 Å². The quantitative estimate of drug-likeness (QED) is 0.700. The highest BCUT2D eigenvalue weighted by atomic mass is 35.5. The second-order valence-electron chi connectivity index (χ2n) is 5.15. The maximum atomic E-state index is 12.1. The third-order valence-electron chi connectivity index (χ3n) is 3.54. The van der Waals surface area contributed by atoms with E-state index in [4.69, 9.17) is 16.4 Å². The molecule has 0 aliphatic heterocycles. The lowest BCUT2D eigenvalue weighted by Crippen LogP contribution is -2.18. The second kappa shape index (κ2) is 6.70. The normalized spacial score (nSPS) is 10.4. The average molecular weight is 358 g/mol. The zero-order valence-electron chi connectivity index (χ0n) is 12.7. The van der Waals surface area contributed by atoms with Crippen molar-refractivity contribution in [1.82, 2.24) is 4.73 Å². The summed E-state index contributed by atoms with van der Waals surface area (Å²) in [6.45, 7) is 0. The Kier molecular flexibility index (Phi) is 4.45. The van der Waals surface area contributed by atoms with E-state index in [1.165, 1.54) is 12.1 Å². The molecule has 0 spiro atoms. The molecular formula is C18H12ClNO5. The maximum Gasteiger partial charge on any atom is 0.363 e. The third-order valence-corrected chi connectivity index (χ3v) is 3.76. The lowest BCUT2D eigenvalue weighted by Gasteiger charge is -2.08. The molecule has 0 unspecified atom stereocenters. The van der Waals surface area contributed by atoms with Crippen LogP contribution in [0.3, 0.4) is 0 Å². The van der Waals surface area contributed by atoms with E-state index in [0.717, 1.165) is 11.1 Å². The standard InChI is InChI=1S/C18H12ClNO5/c19-17(23)13-5-1-11(2-6-13)12-3-7-14(8-4-12)18(24)25-20-15(21)9-10-16(20)22/h1-10,21-22H. The van der Waals surface area contributed by atoms with Crippen molar-refractivity contribution in [2.24, 2.45) is 0 Å². The average Bonchev–Trinajstić information content (AvgIpc) is 2.94. The number of halogens is 1. The molecule has 0 saturated heterocycles. The van der Waals surface area contributed by atoms with Crippen LogP contribution in [0.15, 0.2) is 60.7 Å². The fraction of sp³-hybridized carbons (Fsp3) is 0. The molecule has 0 aliphatic carbocycles. The van der Waals surface area contributed by atoms with Gasteiger partial charge in [0, 0.05) is 17.7 Å². The highest BCUT2D eigenvalue weighted by Crippen LogP contribution is 2.22. The summed E-state index contributed by atoms with van der Waals surface area (Å²) < 4.78 is 0.623. The number of hydrogen-bond donors (Lipinski definition) is 2. The number of aromatic nitrogens is 1. The van der Waals surface area contributed by atoms with Crippen LogP contribution < -0.4 is 4.84 Å². The minimum Gasteiger partial charge on any atom is -0.492 e. The lowest BCUT2D eigenvalue weighted by atomic mass is 10.0. The molecule has 0 fully saturated rings. The van der Waals surface area contributed by atoms with E-state index in [-0.39, 0.29) is 5.56 Å². The SMILES string of the molecule is O=C(Cl)c1ccc(-c2ccc(C(=O)On3c(O)ccc3O)cc2)cc1. The van der Waals surface area contributed by atoms with Gasteiger partial charge in [0.1, 0.15) is 0 Å². The molecule has 25 heavy (non-hydrogen) atoms. The highest BCUT2D eigenvalue weighted by molar-refractivity contribution is 6.67. The summed E-state index contributed by atoms with van der Waals surface area (Å²) in [5, 5.41) is 18.4. The van der Waals surface area contributed by atoms with Gasteiger partial charge in [-0.3, -0.25) is 4.79 Å². The van der Waals surface area contributed by atoms with Crippen LogP contribution in [0.25, 0.3) is 11.1 Å². The van der Waals surface area contributed by atoms with Crippen LogP contribution in [0.4, 0.5) is 0 Å². The van der Waals surface area contributed by atoms with E-state index in [9.17, 15) is 19.8 Å². The minimum absolute atomic E-state index is 0.240. The van der Waals surface area contributed by atoms with Crippen LogP contribution in [-0.4, -0.2) is 26.2 Å². The monoisotopic (exact) mass is 357 g/mol. The van der Waals surface area contributed by atoms with Gasteiger partial charge in [-0.25, -0.2) is 4.79 Å². The number of carbonyl (C=O) groups is 2. The van der Waals surface area contributed by atoms with Gasteiger partial charge < -0.3 is 15.1 Å². The molecular weight excluding hydrogens is 346 g/mol. The smallest absolute Gasteiger partial charge is 0.363 e. The maximum absolute atomic E-state index is 12.1.